The molecule has 0 spiro atoms. The van der Waals surface area contributed by atoms with Crippen LogP contribution in [0.5, 0.6) is 5.75 Å². The van der Waals surface area contributed by atoms with Gasteiger partial charge in [0, 0.05) is 35.0 Å². The van der Waals surface area contributed by atoms with Gasteiger partial charge in [-0.15, -0.1) is 11.3 Å². The quantitative estimate of drug-likeness (QED) is 0.498. The van der Waals surface area contributed by atoms with Gasteiger partial charge in [-0.25, -0.2) is 4.98 Å². The number of thiazole rings is 1. The van der Waals surface area contributed by atoms with E-state index in [-0.39, 0.29) is 18.1 Å². The third kappa shape index (κ3) is 5.94. The molecule has 0 saturated carbocycles. The first-order valence-corrected chi connectivity index (χ1v) is 12.2. The van der Waals surface area contributed by atoms with Gasteiger partial charge in [-0.3, -0.25) is 14.8 Å². The third-order valence-corrected chi connectivity index (χ3v) is 6.91. The number of rotatable bonds is 8. The van der Waals surface area contributed by atoms with Crippen LogP contribution >= 0.6 is 11.3 Å². The molecule has 1 amide bonds. The summed E-state index contributed by atoms with van der Waals surface area (Å²) in [5, 5.41) is 3.89. The maximum Gasteiger partial charge on any atom is 0.251 e. The van der Waals surface area contributed by atoms with Gasteiger partial charge >= 0.3 is 0 Å². The monoisotopic (exact) mass is 466 g/mol. The highest BCUT2D eigenvalue weighted by atomic mass is 32.1. The number of aromatic nitrogens is 3. The molecule has 3 heterocycles. The van der Waals surface area contributed by atoms with E-state index >= 15 is 0 Å². The molecule has 1 unspecified atom stereocenters. The molecule has 2 aromatic heterocycles. The van der Waals surface area contributed by atoms with Crippen molar-refractivity contribution in [3.05, 3.63) is 58.6 Å². The highest BCUT2D eigenvalue weighted by Crippen LogP contribution is 2.32. The van der Waals surface area contributed by atoms with Crippen molar-refractivity contribution < 1.29 is 14.3 Å². The summed E-state index contributed by atoms with van der Waals surface area (Å²) in [6, 6.07) is 5.31. The molecule has 1 aliphatic rings. The van der Waals surface area contributed by atoms with Crippen molar-refractivity contribution in [1.82, 2.24) is 20.3 Å². The van der Waals surface area contributed by atoms with Crippen molar-refractivity contribution in [2.45, 2.75) is 58.6 Å². The molecule has 1 aliphatic heterocycles. The molecule has 0 radical (unpaired) electrons. The molecule has 8 heteroatoms. The van der Waals surface area contributed by atoms with E-state index in [0.717, 1.165) is 35.7 Å². The Morgan fingerprint density at radius 2 is 2.03 bits per heavy atom. The van der Waals surface area contributed by atoms with Crippen LogP contribution in [0, 0.1) is 6.92 Å². The molecule has 33 heavy (non-hydrogen) atoms. The topological polar surface area (TPSA) is 86.2 Å². The van der Waals surface area contributed by atoms with Crippen LogP contribution in [0.25, 0.3) is 10.6 Å². The van der Waals surface area contributed by atoms with E-state index in [1.54, 1.807) is 29.8 Å². The summed E-state index contributed by atoms with van der Waals surface area (Å²) in [6.45, 7) is 9.31. The minimum absolute atomic E-state index is 0.0958. The molecule has 4 rings (SSSR count). The lowest BCUT2D eigenvalue weighted by Crippen LogP contribution is -2.27. The lowest BCUT2D eigenvalue weighted by Gasteiger charge is -2.16. The zero-order chi connectivity index (χ0) is 23.4. The van der Waals surface area contributed by atoms with Crippen LogP contribution in [-0.2, 0) is 4.74 Å². The Morgan fingerprint density at radius 1 is 1.18 bits per heavy atom. The van der Waals surface area contributed by atoms with Gasteiger partial charge in [0.1, 0.15) is 17.4 Å². The lowest BCUT2D eigenvalue weighted by molar-refractivity contribution is 0.0679. The van der Waals surface area contributed by atoms with Crippen LogP contribution in [0.2, 0.25) is 0 Å². The highest BCUT2D eigenvalue weighted by molar-refractivity contribution is 7.15. The fraction of sp³-hybridized carbons (Fsp3) is 0.440. The minimum atomic E-state index is -0.280. The SMILES string of the molecule is Cc1cnc(C(C)NC(=O)c2cc(OC[C@H]3CCCO3)cc(-c3ncc(C(C)C)s3)c2)cn1. The number of hydrogen-bond acceptors (Lipinski definition) is 7. The summed E-state index contributed by atoms with van der Waals surface area (Å²) >= 11 is 1.64. The van der Waals surface area contributed by atoms with E-state index in [1.165, 1.54) is 4.88 Å². The lowest BCUT2D eigenvalue weighted by atomic mass is 10.1. The smallest absolute Gasteiger partial charge is 0.251 e. The molecule has 0 bridgehead atoms. The molecule has 1 aromatic carbocycles. The van der Waals surface area contributed by atoms with E-state index in [4.69, 9.17) is 9.47 Å². The standard InChI is InChI=1S/C25H30N4O3S/c1-15(2)23-13-28-25(33-23)19-8-18(9-21(10-19)32-14-20-6-5-7-31-20)24(30)29-17(4)22-12-26-16(3)11-27-22/h8-13,15,17,20H,5-7,14H2,1-4H3,(H,29,30)/t17?,20-/m1/s1. The Bertz CT molecular complexity index is 1090. The average molecular weight is 467 g/mol. The Balaban J connectivity index is 1.58. The predicted molar refractivity (Wildman–Crippen MR) is 129 cm³/mol. The van der Waals surface area contributed by atoms with Crippen LogP contribution in [0.15, 0.2) is 36.8 Å². The van der Waals surface area contributed by atoms with Gasteiger partial charge in [-0.2, -0.15) is 0 Å². The molecule has 2 atom stereocenters. The summed E-state index contributed by atoms with van der Waals surface area (Å²) in [4.78, 5) is 27.6. The van der Waals surface area contributed by atoms with Crippen molar-refractivity contribution in [1.29, 1.82) is 0 Å². The summed E-state index contributed by atoms with van der Waals surface area (Å²) in [5.41, 5.74) is 2.93. The molecule has 3 aromatic rings. The summed E-state index contributed by atoms with van der Waals surface area (Å²) < 4.78 is 11.7. The van der Waals surface area contributed by atoms with Crippen LogP contribution in [0.4, 0.5) is 0 Å². The maximum absolute atomic E-state index is 13.1. The number of ether oxygens (including phenoxy) is 2. The second kappa shape index (κ2) is 10.4. The molecule has 1 fully saturated rings. The third-order valence-electron chi connectivity index (χ3n) is 5.56. The first kappa shape index (κ1) is 23.3. The summed E-state index contributed by atoms with van der Waals surface area (Å²) in [6.07, 6.45) is 7.44. The van der Waals surface area contributed by atoms with Gasteiger partial charge < -0.3 is 14.8 Å². The second-order valence-electron chi connectivity index (χ2n) is 8.69. The van der Waals surface area contributed by atoms with Crippen molar-refractivity contribution in [2.24, 2.45) is 0 Å². The normalized spacial score (nSPS) is 16.7. The van der Waals surface area contributed by atoms with Crippen molar-refractivity contribution >= 4 is 17.2 Å². The zero-order valence-electron chi connectivity index (χ0n) is 19.5. The molecule has 0 aliphatic carbocycles. The van der Waals surface area contributed by atoms with Crippen LogP contribution in [-0.4, -0.2) is 40.2 Å². The number of carbonyl (C=O) groups excluding carboxylic acids is 1. The van der Waals surface area contributed by atoms with E-state index in [0.29, 0.717) is 29.5 Å². The molecular formula is C25H30N4O3S. The van der Waals surface area contributed by atoms with Gasteiger partial charge in [-0.05, 0) is 50.8 Å². The van der Waals surface area contributed by atoms with Gasteiger partial charge in [0.25, 0.3) is 5.91 Å². The molecule has 1 saturated heterocycles. The first-order valence-electron chi connectivity index (χ1n) is 11.3. The van der Waals surface area contributed by atoms with Crippen molar-refractivity contribution in [3.8, 4) is 16.3 Å². The molecule has 174 valence electrons. The number of carbonyl (C=O) groups is 1. The number of amides is 1. The van der Waals surface area contributed by atoms with E-state index in [2.05, 4.69) is 34.1 Å². The number of benzene rings is 1. The van der Waals surface area contributed by atoms with E-state index in [9.17, 15) is 4.79 Å². The predicted octanol–water partition coefficient (Wildman–Crippen LogP) is 5.08. The largest absolute Gasteiger partial charge is 0.491 e. The van der Waals surface area contributed by atoms with E-state index in [1.807, 2.05) is 32.2 Å². The van der Waals surface area contributed by atoms with Crippen LogP contribution < -0.4 is 10.1 Å². The molecule has 1 N–H and O–H groups in total. The van der Waals surface area contributed by atoms with Crippen molar-refractivity contribution in [3.63, 3.8) is 0 Å². The number of aryl methyl sites for hydroxylation is 1. The minimum Gasteiger partial charge on any atom is -0.491 e. The fourth-order valence-electron chi connectivity index (χ4n) is 3.57. The highest BCUT2D eigenvalue weighted by Gasteiger charge is 2.19. The van der Waals surface area contributed by atoms with Gasteiger partial charge in [0.15, 0.2) is 0 Å². The van der Waals surface area contributed by atoms with Gasteiger partial charge in [-0.1, -0.05) is 13.8 Å². The number of nitrogens with one attached hydrogen (secondary N) is 1. The second-order valence-corrected chi connectivity index (χ2v) is 9.75. The summed E-state index contributed by atoms with van der Waals surface area (Å²) in [5.74, 6) is 0.834. The van der Waals surface area contributed by atoms with Gasteiger partial charge in [0.05, 0.1) is 29.7 Å². The number of hydrogen-bond donors (Lipinski definition) is 1. The Labute approximate surface area is 198 Å². The average Bonchev–Trinajstić information content (AvgIpc) is 3.50. The summed E-state index contributed by atoms with van der Waals surface area (Å²) in [7, 11) is 0. The van der Waals surface area contributed by atoms with Crippen LogP contribution in [0.3, 0.4) is 0 Å². The molecule has 7 nitrogen and oxygen atoms in total. The zero-order valence-corrected chi connectivity index (χ0v) is 20.3. The van der Waals surface area contributed by atoms with E-state index < -0.39 is 0 Å². The fourth-order valence-corrected chi connectivity index (χ4v) is 4.47. The Morgan fingerprint density at radius 3 is 2.70 bits per heavy atom. The molecular weight excluding hydrogens is 436 g/mol. The Kier molecular flexibility index (Phi) is 7.35. The van der Waals surface area contributed by atoms with Crippen molar-refractivity contribution in [2.75, 3.05) is 13.2 Å². The van der Waals surface area contributed by atoms with Gasteiger partial charge in [0.2, 0.25) is 0 Å². The number of nitrogens with zero attached hydrogens (tertiary/aromatic N) is 3. The van der Waals surface area contributed by atoms with Crippen LogP contribution in [0.1, 0.15) is 72.2 Å². The Hall–Kier alpha value is -2.84. The first-order chi connectivity index (χ1) is 15.9. The maximum atomic E-state index is 13.1.